The minimum absolute atomic E-state index is 0.0354. The number of benzene rings is 2. The third-order valence-electron chi connectivity index (χ3n) is 5.61. The highest BCUT2D eigenvalue weighted by molar-refractivity contribution is 5.97. The molecule has 0 aliphatic carbocycles. The number of fused-ring (bicyclic) bond motifs is 1. The van der Waals surface area contributed by atoms with Crippen LogP contribution in [0.2, 0.25) is 0 Å². The molecule has 0 aromatic heterocycles. The van der Waals surface area contributed by atoms with Crippen LogP contribution in [0.3, 0.4) is 0 Å². The molecule has 2 aromatic carbocycles. The summed E-state index contributed by atoms with van der Waals surface area (Å²) >= 11 is 0. The predicted octanol–water partition coefficient (Wildman–Crippen LogP) is 1.15. The zero-order chi connectivity index (χ0) is 20.4. The number of phenols is 1. The van der Waals surface area contributed by atoms with Crippen molar-refractivity contribution < 1.29 is 19.4 Å². The molecule has 2 saturated heterocycles. The lowest BCUT2D eigenvalue weighted by Gasteiger charge is -2.45. The fourth-order valence-electron chi connectivity index (χ4n) is 4.00. The van der Waals surface area contributed by atoms with Crippen LogP contribution in [-0.2, 0) is 22.6 Å². The normalized spacial score (nSPS) is 22.2. The van der Waals surface area contributed by atoms with Crippen molar-refractivity contribution in [1.82, 2.24) is 15.1 Å². The van der Waals surface area contributed by atoms with E-state index in [1.165, 1.54) is 0 Å². The fraction of sp³-hybridized carbons (Fsp3) is 0.364. The summed E-state index contributed by atoms with van der Waals surface area (Å²) in [5.74, 6) is 0.857. The average Bonchev–Trinajstić information content (AvgIpc) is 2.74. The summed E-state index contributed by atoms with van der Waals surface area (Å²) < 4.78 is 5.19. The number of hydrogen-bond donors (Lipinski definition) is 2. The zero-order valence-electron chi connectivity index (χ0n) is 16.4. The molecule has 2 aromatic rings. The van der Waals surface area contributed by atoms with Gasteiger partial charge in [-0.2, -0.15) is 0 Å². The Hall–Kier alpha value is -3.06. The smallest absolute Gasteiger partial charge is 0.246 e. The van der Waals surface area contributed by atoms with Gasteiger partial charge in [0.1, 0.15) is 23.6 Å². The van der Waals surface area contributed by atoms with Crippen molar-refractivity contribution in [3.05, 3.63) is 59.7 Å². The SMILES string of the molecule is COc1ccc(CN2CCN3C(=O)[C@H](Cc4ccc(O)cc4)NC(=O)[C@H]3C2)cc1. The molecule has 7 heteroatoms. The van der Waals surface area contributed by atoms with E-state index in [0.29, 0.717) is 19.5 Å². The van der Waals surface area contributed by atoms with Gasteiger partial charge in [-0.1, -0.05) is 24.3 Å². The Morgan fingerprint density at radius 1 is 1.03 bits per heavy atom. The molecular formula is C22H25N3O4. The molecule has 2 fully saturated rings. The second-order valence-electron chi connectivity index (χ2n) is 7.56. The van der Waals surface area contributed by atoms with E-state index in [4.69, 9.17) is 4.74 Å². The number of rotatable bonds is 5. The molecule has 29 heavy (non-hydrogen) atoms. The van der Waals surface area contributed by atoms with Crippen molar-refractivity contribution in [2.24, 2.45) is 0 Å². The van der Waals surface area contributed by atoms with Crippen LogP contribution in [0.25, 0.3) is 0 Å². The Bertz CT molecular complexity index is 882. The third kappa shape index (κ3) is 4.19. The molecule has 0 spiro atoms. The maximum absolute atomic E-state index is 12.9. The first-order chi connectivity index (χ1) is 14.0. The van der Waals surface area contributed by atoms with Crippen LogP contribution in [0, 0.1) is 0 Å². The van der Waals surface area contributed by atoms with Crippen molar-refractivity contribution >= 4 is 11.8 Å². The second kappa shape index (κ2) is 8.13. The van der Waals surface area contributed by atoms with E-state index in [1.807, 2.05) is 24.3 Å². The number of carbonyl (C=O) groups excluding carboxylic acids is 2. The van der Waals surface area contributed by atoms with Crippen molar-refractivity contribution in [3.63, 3.8) is 0 Å². The number of hydrogen-bond acceptors (Lipinski definition) is 5. The van der Waals surface area contributed by atoms with Crippen molar-refractivity contribution in [3.8, 4) is 11.5 Å². The largest absolute Gasteiger partial charge is 0.508 e. The molecule has 0 unspecified atom stereocenters. The summed E-state index contributed by atoms with van der Waals surface area (Å²) in [7, 11) is 1.64. The van der Waals surface area contributed by atoms with Gasteiger partial charge in [-0.05, 0) is 35.4 Å². The van der Waals surface area contributed by atoms with Crippen molar-refractivity contribution in [2.75, 3.05) is 26.7 Å². The first kappa shape index (κ1) is 19.3. The first-order valence-electron chi connectivity index (χ1n) is 9.77. The minimum Gasteiger partial charge on any atom is -0.508 e. The molecule has 7 nitrogen and oxygen atoms in total. The summed E-state index contributed by atoms with van der Waals surface area (Å²) in [4.78, 5) is 29.6. The van der Waals surface area contributed by atoms with Gasteiger partial charge in [-0.3, -0.25) is 14.5 Å². The highest BCUT2D eigenvalue weighted by Gasteiger charge is 2.43. The molecule has 2 atom stereocenters. The van der Waals surface area contributed by atoms with E-state index in [2.05, 4.69) is 10.2 Å². The summed E-state index contributed by atoms with van der Waals surface area (Å²) in [5, 5.41) is 12.3. The van der Waals surface area contributed by atoms with Crippen LogP contribution in [0.1, 0.15) is 11.1 Å². The van der Waals surface area contributed by atoms with Gasteiger partial charge in [-0.25, -0.2) is 0 Å². The maximum atomic E-state index is 12.9. The lowest BCUT2D eigenvalue weighted by atomic mass is 9.98. The lowest BCUT2D eigenvalue weighted by Crippen LogP contribution is -2.69. The Morgan fingerprint density at radius 2 is 1.72 bits per heavy atom. The van der Waals surface area contributed by atoms with Crippen molar-refractivity contribution in [1.29, 1.82) is 0 Å². The molecule has 4 rings (SSSR count). The molecule has 2 aliphatic heterocycles. The summed E-state index contributed by atoms with van der Waals surface area (Å²) in [5.41, 5.74) is 2.05. The standard InChI is InChI=1S/C22H25N3O4/c1-29-18-8-4-16(5-9-18)13-24-10-11-25-20(14-24)21(27)23-19(22(25)28)12-15-2-6-17(26)7-3-15/h2-9,19-20,26H,10-14H2,1H3,(H,23,27)/t19-,20+/m0/s1. The average molecular weight is 395 g/mol. The van der Waals surface area contributed by atoms with Gasteiger partial charge in [0.25, 0.3) is 0 Å². The van der Waals surface area contributed by atoms with E-state index in [1.54, 1.807) is 36.3 Å². The van der Waals surface area contributed by atoms with Crippen LogP contribution >= 0.6 is 0 Å². The fourth-order valence-corrected chi connectivity index (χ4v) is 4.00. The molecule has 2 amide bonds. The van der Waals surface area contributed by atoms with Gasteiger partial charge < -0.3 is 20.1 Å². The Balaban J connectivity index is 1.39. The number of methoxy groups -OCH3 is 1. The number of nitrogens with one attached hydrogen (secondary N) is 1. The van der Waals surface area contributed by atoms with E-state index in [9.17, 15) is 14.7 Å². The monoisotopic (exact) mass is 395 g/mol. The number of phenolic OH excluding ortho intramolecular Hbond substituents is 1. The lowest BCUT2D eigenvalue weighted by molar-refractivity contribution is -0.153. The number of carbonyl (C=O) groups is 2. The summed E-state index contributed by atoms with van der Waals surface area (Å²) in [6.45, 7) is 2.52. The number of nitrogens with zero attached hydrogens (tertiary/aromatic N) is 2. The van der Waals surface area contributed by atoms with Crippen LogP contribution in [-0.4, -0.2) is 65.5 Å². The maximum Gasteiger partial charge on any atom is 0.246 e. The van der Waals surface area contributed by atoms with Gasteiger partial charge in [0, 0.05) is 32.6 Å². The molecule has 152 valence electrons. The van der Waals surface area contributed by atoms with E-state index >= 15 is 0 Å². The zero-order valence-corrected chi connectivity index (χ0v) is 16.4. The van der Waals surface area contributed by atoms with E-state index in [-0.39, 0.29) is 17.6 Å². The summed E-state index contributed by atoms with van der Waals surface area (Å²) in [6.07, 6.45) is 0.420. The van der Waals surface area contributed by atoms with E-state index in [0.717, 1.165) is 30.0 Å². The molecular weight excluding hydrogens is 370 g/mol. The Labute approximate surface area is 169 Å². The minimum atomic E-state index is -0.559. The topological polar surface area (TPSA) is 82.1 Å². The van der Waals surface area contributed by atoms with Gasteiger partial charge in [0.2, 0.25) is 11.8 Å². The van der Waals surface area contributed by atoms with E-state index < -0.39 is 12.1 Å². The number of piperazine rings is 2. The van der Waals surface area contributed by atoms with Crippen LogP contribution in [0.5, 0.6) is 11.5 Å². The third-order valence-corrected chi connectivity index (χ3v) is 5.61. The molecule has 0 saturated carbocycles. The second-order valence-corrected chi connectivity index (χ2v) is 7.56. The number of aromatic hydroxyl groups is 1. The van der Waals surface area contributed by atoms with Crippen molar-refractivity contribution in [2.45, 2.75) is 25.0 Å². The Kier molecular flexibility index (Phi) is 5.40. The highest BCUT2D eigenvalue weighted by atomic mass is 16.5. The predicted molar refractivity (Wildman–Crippen MR) is 108 cm³/mol. The molecule has 0 bridgehead atoms. The highest BCUT2D eigenvalue weighted by Crippen LogP contribution is 2.21. The van der Waals surface area contributed by atoms with Gasteiger partial charge in [0.15, 0.2) is 0 Å². The van der Waals surface area contributed by atoms with Gasteiger partial charge in [-0.15, -0.1) is 0 Å². The summed E-state index contributed by atoms with van der Waals surface area (Å²) in [6, 6.07) is 13.6. The van der Waals surface area contributed by atoms with Gasteiger partial charge in [0.05, 0.1) is 7.11 Å². The van der Waals surface area contributed by atoms with Crippen LogP contribution < -0.4 is 10.1 Å². The number of amides is 2. The number of ether oxygens (including phenoxy) is 1. The van der Waals surface area contributed by atoms with Crippen LogP contribution in [0.4, 0.5) is 0 Å². The molecule has 2 heterocycles. The quantitative estimate of drug-likeness (QED) is 0.794. The van der Waals surface area contributed by atoms with Gasteiger partial charge >= 0.3 is 0 Å². The molecule has 2 N–H and O–H groups in total. The van der Waals surface area contributed by atoms with Crippen LogP contribution in [0.15, 0.2) is 48.5 Å². The Morgan fingerprint density at radius 3 is 2.41 bits per heavy atom. The first-order valence-corrected chi connectivity index (χ1v) is 9.77. The molecule has 2 aliphatic rings. The molecule has 0 radical (unpaired) electrons.